The number of H-pyrrole nitrogens is 1. The Labute approximate surface area is 166 Å². The first-order valence-corrected chi connectivity index (χ1v) is 10.7. The van der Waals surface area contributed by atoms with E-state index in [4.69, 9.17) is 4.52 Å². The monoisotopic (exact) mass is 422 g/mol. The van der Waals surface area contributed by atoms with Crippen LogP contribution in [0.2, 0.25) is 0 Å². The van der Waals surface area contributed by atoms with Crippen LogP contribution in [0.5, 0.6) is 0 Å². The standard InChI is InChI=1S/C17H22N6O5S/c1-9-13(10(2)28-20-9)29(26,27)23-7-5-6-11(8-23)14-18-12-15(19-14)21(3)17(25)22(4)16(12)24/h11H,5-8H2,1-4H3,(H,18,19). The first-order valence-electron chi connectivity index (χ1n) is 9.21. The van der Waals surface area contributed by atoms with Crippen molar-refractivity contribution in [2.75, 3.05) is 13.1 Å². The van der Waals surface area contributed by atoms with E-state index in [9.17, 15) is 18.0 Å². The number of aryl methyl sites for hydroxylation is 3. The molecule has 0 spiro atoms. The van der Waals surface area contributed by atoms with Gasteiger partial charge in [-0.15, -0.1) is 0 Å². The number of hydrogen-bond acceptors (Lipinski definition) is 7. The Kier molecular flexibility index (Phi) is 4.50. The molecule has 0 radical (unpaired) electrons. The third kappa shape index (κ3) is 2.94. The molecule has 1 atom stereocenters. The van der Waals surface area contributed by atoms with Crippen LogP contribution in [0, 0.1) is 13.8 Å². The number of nitrogens with one attached hydrogen (secondary N) is 1. The lowest BCUT2D eigenvalue weighted by atomic mass is 9.99. The molecule has 29 heavy (non-hydrogen) atoms. The molecular formula is C17H22N6O5S. The summed E-state index contributed by atoms with van der Waals surface area (Å²) in [6.07, 6.45) is 1.35. The summed E-state index contributed by atoms with van der Waals surface area (Å²) in [6, 6.07) is 0. The highest BCUT2D eigenvalue weighted by Crippen LogP contribution is 2.31. The highest BCUT2D eigenvalue weighted by molar-refractivity contribution is 7.89. The maximum Gasteiger partial charge on any atom is 0.332 e. The summed E-state index contributed by atoms with van der Waals surface area (Å²) < 4.78 is 35.0. The van der Waals surface area contributed by atoms with E-state index in [-0.39, 0.29) is 34.3 Å². The lowest BCUT2D eigenvalue weighted by Gasteiger charge is -2.30. The number of rotatable bonds is 3. The third-order valence-electron chi connectivity index (χ3n) is 5.45. The molecule has 0 aromatic carbocycles. The molecule has 1 saturated heterocycles. The predicted molar refractivity (Wildman–Crippen MR) is 103 cm³/mol. The van der Waals surface area contributed by atoms with Gasteiger partial charge in [0.05, 0.1) is 0 Å². The molecule has 1 N–H and O–H groups in total. The molecule has 1 fully saturated rings. The van der Waals surface area contributed by atoms with Crippen molar-refractivity contribution in [3.8, 4) is 0 Å². The van der Waals surface area contributed by atoms with Gasteiger partial charge in [0.2, 0.25) is 10.0 Å². The first-order chi connectivity index (χ1) is 13.6. The summed E-state index contributed by atoms with van der Waals surface area (Å²) in [4.78, 5) is 32.1. The highest BCUT2D eigenvalue weighted by atomic mass is 32.2. The average Bonchev–Trinajstić information content (AvgIpc) is 3.29. The van der Waals surface area contributed by atoms with E-state index in [1.807, 2.05) is 0 Å². The normalized spacial score (nSPS) is 18.6. The molecule has 3 aromatic rings. The number of imidazole rings is 1. The molecule has 0 aliphatic carbocycles. The van der Waals surface area contributed by atoms with Crippen LogP contribution in [0.15, 0.2) is 19.0 Å². The van der Waals surface area contributed by atoms with Gasteiger partial charge in [-0.25, -0.2) is 18.2 Å². The van der Waals surface area contributed by atoms with E-state index in [2.05, 4.69) is 15.1 Å². The zero-order chi connectivity index (χ0) is 21.1. The Balaban J connectivity index is 1.73. The molecule has 156 valence electrons. The summed E-state index contributed by atoms with van der Waals surface area (Å²) in [5.74, 6) is 0.523. The molecule has 1 aliphatic heterocycles. The van der Waals surface area contributed by atoms with Gasteiger partial charge in [-0.2, -0.15) is 4.31 Å². The minimum atomic E-state index is -3.77. The van der Waals surface area contributed by atoms with Crippen molar-refractivity contribution >= 4 is 21.2 Å². The molecule has 0 amide bonds. The van der Waals surface area contributed by atoms with Crippen LogP contribution in [-0.2, 0) is 24.1 Å². The van der Waals surface area contributed by atoms with E-state index >= 15 is 0 Å². The number of fused-ring (bicyclic) bond motifs is 1. The van der Waals surface area contributed by atoms with Gasteiger partial charge in [0.25, 0.3) is 5.56 Å². The van der Waals surface area contributed by atoms with Gasteiger partial charge in [-0.1, -0.05) is 5.16 Å². The SMILES string of the molecule is Cc1noc(C)c1S(=O)(=O)N1CCCC(c2nc3c([nH]2)c(=O)n(C)c(=O)n3C)C1. The van der Waals surface area contributed by atoms with Crippen LogP contribution in [0.4, 0.5) is 0 Å². The molecule has 4 rings (SSSR count). The molecule has 4 heterocycles. The molecule has 0 bridgehead atoms. The van der Waals surface area contributed by atoms with E-state index in [1.54, 1.807) is 20.9 Å². The number of aromatic amines is 1. The van der Waals surface area contributed by atoms with Gasteiger partial charge in [0.1, 0.15) is 21.9 Å². The van der Waals surface area contributed by atoms with Crippen LogP contribution in [-0.4, -0.2) is 50.1 Å². The number of aromatic nitrogens is 5. The second-order valence-corrected chi connectivity index (χ2v) is 9.26. The van der Waals surface area contributed by atoms with Crippen LogP contribution in [0.3, 0.4) is 0 Å². The number of piperidine rings is 1. The second-order valence-electron chi connectivity index (χ2n) is 7.38. The zero-order valence-corrected chi connectivity index (χ0v) is 17.4. The van der Waals surface area contributed by atoms with Gasteiger partial charge in [-0.05, 0) is 26.7 Å². The second kappa shape index (κ2) is 6.66. The van der Waals surface area contributed by atoms with Crippen molar-refractivity contribution in [2.24, 2.45) is 14.1 Å². The largest absolute Gasteiger partial charge is 0.360 e. The van der Waals surface area contributed by atoms with Gasteiger partial charge in [0, 0.05) is 33.1 Å². The van der Waals surface area contributed by atoms with Crippen molar-refractivity contribution in [1.82, 2.24) is 28.6 Å². The minimum Gasteiger partial charge on any atom is -0.360 e. The van der Waals surface area contributed by atoms with Crippen LogP contribution in [0.1, 0.15) is 36.0 Å². The van der Waals surface area contributed by atoms with Crippen molar-refractivity contribution in [3.63, 3.8) is 0 Å². The van der Waals surface area contributed by atoms with Crippen molar-refractivity contribution in [2.45, 2.75) is 37.5 Å². The number of hydrogen-bond donors (Lipinski definition) is 1. The van der Waals surface area contributed by atoms with E-state index in [1.165, 1.54) is 15.9 Å². The molecule has 0 saturated carbocycles. The Hall–Kier alpha value is -2.73. The van der Waals surface area contributed by atoms with Crippen LogP contribution >= 0.6 is 0 Å². The van der Waals surface area contributed by atoms with Gasteiger partial charge in [-0.3, -0.25) is 13.9 Å². The van der Waals surface area contributed by atoms with Crippen molar-refractivity contribution in [1.29, 1.82) is 0 Å². The topological polar surface area (TPSA) is 136 Å². The average molecular weight is 422 g/mol. The number of sulfonamides is 1. The maximum absolute atomic E-state index is 13.1. The Bertz CT molecular complexity index is 1310. The molecule has 1 aliphatic rings. The Morgan fingerprint density at radius 2 is 1.90 bits per heavy atom. The summed E-state index contributed by atoms with van der Waals surface area (Å²) >= 11 is 0. The smallest absolute Gasteiger partial charge is 0.332 e. The molecular weight excluding hydrogens is 400 g/mol. The number of nitrogens with zero attached hydrogens (tertiary/aromatic N) is 5. The molecule has 12 heteroatoms. The first kappa shape index (κ1) is 19.6. The quantitative estimate of drug-likeness (QED) is 0.634. The van der Waals surface area contributed by atoms with Gasteiger partial charge >= 0.3 is 5.69 Å². The lowest BCUT2D eigenvalue weighted by molar-refractivity contribution is 0.309. The maximum atomic E-state index is 13.1. The van der Waals surface area contributed by atoms with E-state index in [0.29, 0.717) is 30.9 Å². The van der Waals surface area contributed by atoms with Crippen molar-refractivity contribution < 1.29 is 12.9 Å². The van der Waals surface area contributed by atoms with Crippen LogP contribution < -0.4 is 11.2 Å². The van der Waals surface area contributed by atoms with E-state index < -0.39 is 21.3 Å². The molecule has 1 unspecified atom stereocenters. The Morgan fingerprint density at radius 1 is 1.17 bits per heavy atom. The van der Waals surface area contributed by atoms with Crippen LogP contribution in [0.25, 0.3) is 11.2 Å². The van der Waals surface area contributed by atoms with Crippen molar-refractivity contribution in [3.05, 3.63) is 38.1 Å². The van der Waals surface area contributed by atoms with Gasteiger partial charge in [0.15, 0.2) is 11.4 Å². The summed E-state index contributed by atoms with van der Waals surface area (Å²) in [5.41, 5.74) is -0.106. The summed E-state index contributed by atoms with van der Waals surface area (Å²) in [6.45, 7) is 3.76. The Morgan fingerprint density at radius 3 is 2.55 bits per heavy atom. The highest BCUT2D eigenvalue weighted by Gasteiger charge is 2.36. The molecule has 3 aromatic heterocycles. The summed E-state index contributed by atoms with van der Waals surface area (Å²) in [7, 11) is -0.815. The van der Waals surface area contributed by atoms with Gasteiger partial charge < -0.3 is 9.51 Å². The third-order valence-corrected chi connectivity index (χ3v) is 7.56. The fraction of sp³-hybridized carbons (Fsp3) is 0.529. The fourth-order valence-corrected chi connectivity index (χ4v) is 5.71. The summed E-state index contributed by atoms with van der Waals surface area (Å²) in [5, 5.41) is 3.75. The lowest BCUT2D eigenvalue weighted by Crippen LogP contribution is -2.39. The minimum absolute atomic E-state index is 0.0963. The predicted octanol–water partition coefficient (Wildman–Crippen LogP) is 0.133. The molecule has 11 nitrogen and oxygen atoms in total. The fourth-order valence-electron chi connectivity index (χ4n) is 3.89. The van der Waals surface area contributed by atoms with E-state index in [0.717, 1.165) is 4.57 Å². The zero-order valence-electron chi connectivity index (χ0n) is 16.6.